The highest BCUT2D eigenvalue weighted by Crippen LogP contribution is 2.21. The minimum absolute atomic E-state index is 0.00230. The van der Waals surface area contributed by atoms with Crippen molar-refractivity contribution in [2.45, 2.75) is 20.8 Å². The van der Waals surface area contributed by atoms with Crippen molar-refractivity contribution in [3.8, 4) is 0 Å². The van der Waals surface area contributed by atoms with Crippen LogP contribution in [0.5, 0.6) is 0 Å². The van der Waals surface area contributed by atoms with Crippen LogP contribution in [0.2, 0.25) is 0 Å². The molecular formula is C17H26N4O2. The van der Waals surface area contributed by atoms with Gasteiger partial charge in [-0.15, -0.1) is 0 Å². The van der Waals surface area contributed by atoms with Crippen molar-refractivity contribution < 1.29 is 9.59 Å². The zero-order valence-corrected chi connectivity index (χ0v) is 14.2. The Labute approximate surface area is 137 Å². The lowest BCUT2D eigenvalue weighted by Crippen LogP contribution is -2.48. The molecule has 1 aromatic rings. The van der Waals surface area contributed by atoms with Crippen LogP contribution in [-0.4, -0.2) is 56.0 Å². The monoisotopic (exact) mass is 318 g/mol. The van der Waals surface area contributed by atoms with Gasteiger partial charge in [0.15, 0.2) is 0 Å². The van der Waals surface area contributed by atoms with E-state index in [2.05, 4.69) is 20.9 Å². The van der Waals surface area contributed by atoms with Gasteiger partial charge >= 0.3 is 0 Å². The molecule has 1 aliphatic rings. The Kier molecular flexibility index (Phi) is 6.12. The average molecular weight is 318 g/mol. The van der Waals surface area contributed by atoms with E-state index in [4.69, 9.17) is 0 Å². The van der Waals surface area contributed by atoms with Crippen LogP contribution in [0.1, 0.15) is 16.7 Å². The van der Waals surface area contributed by atoms with Crippen LogP contribution in [0.3, 0.4) is 0 Å². The Morgan fingerprint density at radius 2 is 1.70 bits per heavy atom. The lowest BCUT2D eigenvalue weighted by Gasteiger charge is -2.26. The van der Waals surface area contributed by atoms with Gasteiger partial charge in [0.25, 0.3) is 0 Å². The van der Waals surface area contributed by atoms with Crippen molar-refractivity contribution >= 4 is 17.5 Å². The number of benzene rings is 1. The molecule has 0 atom stereocenters. The van der Waals surface area contributed by atoms with Gasteiger partial charge in [-0.05, 0) is 31.9 Å². The molecule has 1 fully saturated rings. The summed E-state index contributed by atoms with van der Waals surface area (Å²) in [5, 5.41) is 8.82. The Bertz CT molecular complexity index is 557. The van der Waals surface area contributed by atoms with Crippen molar-refractivity contribution in [1.82, 2.24) is 15.5 Å². The summed E-state index contributed by atoms with van der Waals surface area (Å²) in [7, 11) is 0. The predicted molar refractivity (Wildman–Crippen MR) is 91.6 cm³/mol. The minimum Gasteiger partial charge on any atom is -0.346 e. The standard InChI is InChI=1S/C17H26N4O2/c1-12-8-13(2)17(14(3)9-12)20-15(22)10-19-16(23)11-21-6-4-18-5-7-21/h8-9,18H,4-7,10-11H2,1-3H3,(H,19,23)(H,20,22). The fourth-order valence-corrected chi connectivity index (χ4v) is 2.87. The number of hydrogen-bond acceptors (Lipinski definition) is 4. The second-order valence-electron chi connectivity index (χ2n) is 6.12. The molecule has 23 heavy (non-hydrogen) atoms. The van der Waals surface area contributed by atoms with Gasteiger partial charge in [0.2, 0.25) is 11.8 Å². The second-order valence-corrected chi connectivity index (χ2v) is 6.12. The van der Waals surface area contributed by atoms with E-state index in [0.29, 0.717) is 6.54 Å². The van der Waals surface area contributed by atoms with E-state index < -0.39 is 0 Å². The molecule has 3 N–H and O–H groups in total. The van der Waals surface area contributed by atoms with Crippen molar-refractivity contribution in [2.75, 3.05) is 44.6 Å². The Morgan fingerprint density at radius 1 is 1.09 bits per heavy atom. The number of nitrogens with zero attached hydrogens (tertiary/aromatic N) is 1. The fraction of sp³-hybridized carbons (Fsp3) is 0.529. The summed E-state index contributed by atoms with van der Waals surface area (Å²) in [4.78, 5) is 26.0. The van der Waals surface area contributed by atoms with E-state index in [1.165, 1.54) is 5.56 Å². The van der Waals surface area contributed by atoms with E-state index in [1.54, 1.807) is 0 Å². The highest BCUT2D eigenvalue weighted by atomic mass is 16.2. The largest absolute Gasteiger partial charge is 0.346 e. The number of anilines is 1. The minimum atomic E-state index is -0.200. The van der Waals surface area contributed by atoms with Gasteiger partial charge in [0.1, 0.15) is 0 Å². The first-order chi connectivity index (χ1) is 11.0. The van der Waals surface area contributed by atoms with Crippen molar-refractivity contribution in [3.05, 3.63) is 28.8 Å². The third-order valence-corrected chi connectivity index (χ3v) is 3.96. The molecule has 0 aromatic heterocycles. The van der Waals surface area contributed by atoms with Gasteiger partial charge in [0.05, 0.1) is 13.1 Å². The summed E-state index contributed by atoms with van der Waals surface area (Å²) in [6.07, 6.45) is 0. The number of nitrogens with one attached hydrogen (secondary N) is 3. The first kappa shape index (κ1) is 17.4. The van der Waals surface area contributed by atoms with Crippen LogP contribution < -0.4 is 16.0 Å². The number of rotatable bonds is 5. The summed E-state index contributed by atoms with van der Waals surface area (Å²) >= 11 is 0. The summed E-state index contributed by atoms with van der Waals surface area (Å²) in [6.45, 7) is 9.84. The SMILES string of the molecule is Cc1cc(C)c(NC(=O)CNC(=O)CN2CCNCC2)c(C)c1. The smallest absolute Gasteiger partial charge is 0.243 e. The van der Waals surface area contributed by atoms with Crippen LogP contribution in [0, 0.1) is 20.8 Å². The molecule has 1 aromatic carbocycles. The Hall–Kier alpha value is -1.92. The third kappa shape index (κ3) is 5.33. The molecule has 126 valence electrons. The molecule has 1 saturated heterocycles. The molecular weight excluding hydrogens is 292 g/mol. The Morgan fingerprint density at radius 3 is 2.30 bits per heavy atom. The number of aryl methyl sites for hydroxylation is 3. The Balaban J connectivity index is 1.80. The van der Waals surface area contributed by atoms with Gasteiger partial charge in [0, 0.05) is 31.9 Å². The van der Waals surface area contributed by atoms with Gasteiger partial charge in [-0.1, -0.05) is 17.7 Å². The van der Waals surface area contributed by atoms with Gasteiger partial charge in [-0.3, -0.25) is 14.5 Å². The topological polar surface area (TPSA) is 73.5 Å². The first-order valence-electron chi connectivity index (χ1n) is 8.03. The molecule has 6 heteroatoms. The van der Waals surface area contributed by atoms with E-state index in [1.807, 2.05) is 32.9 Å². The van der Waals surface area contributed by atoms with Gasteiger partial charge in [-0.25, -0.2) is 0 Å². The average Bonchev–Trinajstić information content (AvgIpc) is 2.50. The molecule has 2 amide bonds. The zero-order valence-electron chi connectivity index (χ0n) is 14.2. The first-order valence-corrected chi connectivity index (χ1v) is 8.03. The van der Waals surface area contributed by atoms with Crippen LogP contribution in [0.15, 0.2) is 12.1 Å². The van der Waals surface area contributed by atoms with Crippen LogP contribution in [0.4, 0.5) is 5.69 Å². The van der Waals surface area contributed by atoms with E-state index in [9.17, 15) is 9.59 Å². The summed E-state index contributed by atoms with van der Waals surface area (Å²) < 4.78 is 0. The van der Waals surface area contributed by atoms with Crippen LogP contribution in [0.25, 0.3) is 0 Å². The molecule has 0 aliphatic carbocycles. The molecule has 0 unspecified atom stereocenters. The van der Waals surface area contributed by atoms with Crippen LogP contribution >= 0.6 is 0 Å². The van der Waals surface area contributed by atoms with E-state index >= 15 is 0 Å². The number of carbonyl (C=O) groups is 2. The molecule has 1 aliphatic heterocycles. The van der Waals surface area contributed by atoms with E-state index in [0.717, 1.165) is 43.0 Å². The van der Waals surface area contributed by atoms with Gasteiger partial charge in [-0.2, -0.15) is 0 Å². The predicted octanol–water partition coefficient (Wildman–Crippen LogP) is 0.572. The summed E-state index contributed by atoms with van der Waals surface area (Å²) in [5.41, 5.74) is 4.06. The molecule has 1 heterocycles. The molecule has 0 radical (unpaired) electrons. The summed E-state index contributed by atoms with van der Waals surface area (Å²) in [6, 6.07) is 4.07. The number of piperazine rings is 1. The van der Waals surface area contributed by atoms with Crippen molar-refractivity contribution in [1.29, 1.82) is 0 Å². The number of carbonyl (C=O) groups excluding carboxylic acids is 2. The van der Waals surface area contributed by atoms with Crippen molar-refractivity contribution in [3.63, 3.8) is 0 Å². The normalized spacial score (nSPS) is 15.3. The highest BCUT2D eigenvalue weighted by molar-refractivity contribution is 5.96. The molecule has 6 nitrogen and oxygen atoms in total. The maximum Gasteiger partial charge on any atom is 0.243 e. The lowest BCUT2D eigenvalue weighted by molar-refractivity contribution is -0.125. The maximum atomic E-state index is 12.0. The second kappa shape index (κ2) is 8.08. The highest BCUT2D eigenvalue weighted by Gasteiger charge is 2.14. The molecule has 0 bridgehead atoms. The summed E-state index contributed by atoms with van der Waals surface area (Å²) in [5.74, 6) is -0.312. The van der Waals surface area contributed by atoms with Crippen LogP contribution in [-0.2, 0) is 9.59 Å². The third-order valence-electron chi connectivity index (χ3n) is 3.96. The van der Waals surface area contributed by atoms with E-state index in [-0.39, 0.29) is 18.4 Å². The fourth-order valence-electron chi connectivity index (χ4n) is 2.87. The zero-order chi connectivity index (χ0) is 16.8. The molecule has 0 spiro atoms. The molecule has 2 rings (SSSR count). The molecule has 0 saturated carbocycles. The maximum absolute atomic E-state index is 12.0. The lowest BCUT2D eigenvalue weighted by atomic mass is 10.1. The quantitative estimate of drug-likeness (QED) is 0.742. The van der Waals surface area contributed by atoms with Gasteiger partial charge < -0.3 is 16.0 Å². The van der Waals surface area contributed by atoms with Crippen molar-refractivity contribution in [2.24, 2.45) is 0 Å². The number of hydrogen-bond donors (Lipinski definition) is 3. The number of amides is 2.